The third-order valence-corrected chi connectivity index (χ3v) is 3.54. The van der Waals surface area contributed by atoms with Gasteiger partial charge in [-0.25, -0.2) is 0 Å². The molecule has 11 heavy (non-hydrogen) atoms. The van der Waals surface area contributed by atoms with E-state index in [1.165, 1.54) is 12.0 Å². The van der Waals surface area contributed by atoms with Gasteiger partial charge in [0.15, 0.2) is 0 Å². The van der Waals surface area contributed by atoms with Crippen LogP contribution < -0.4 is 0 Å². The Bertz CT molecular complexity index is 170. The Labute approximate surface area is 74.6 Å². The van der Waals surface area contributed by atoms with Crippen molar-refractivity contribution < 1.29 is 0 Å². The van der Waals surface area contributed by atoms with Gasteiger partial charge in [-0.15, -0.1) is 11.6 Å². The van der Waals surface area contributed by atoms with E-state index in [0.717, 1.165) is 12.8 Å². The van der Waals surface area contributed by atoms with Crippen LogP contribution >= 0.6 is 11.6 Å². The molecule has 0 spiro atoms. The average molecular weight is 173 g/mol. The van der Waals surface area contributed by atoms with Crippen LogP contribution in [0.1, 0.15) is 40.0 Å². The second-order valence-electron chi connectivity index (χ2n) is 3.94. The lowest BCUT2D eigenvalue weighted by molar-refractivity contribution is 0.387. The van der Waals surface area contributed by atoms with Crippen LogP contribution in [-0.4, -0.2) is 4.87 Å². The minimum absolute atomic E-state index is 0.0551. The lowest BCUT2D eigenvalue weighted by Gasteiger charge is -2.33. The molecule has 0 aliphatic heterocycles. The zero-order valence-electron chi connectivity index (χ0n) is 7.65. The summed E-state index contributed by atoms with van der Waals surface area (Å²) in [5.74, 6) is 0.591. The summed E-state index contributed by atoms with van der Waals surface area (Å²) in [6, 6.07) is 0. The molecule has 1 heteroatoms. The molecule has 0 amide bonds. The van der Waals surface area contributed by atoms with E-state index in [1.807, 2.05) is 0 Å². The first-order valence-electron chi connectivity index (χ1n) is 4.39. The largest absolute Gasteiger partial charge is 0.119 e. The number of alkyl halides is 1. The van der Waals surface area contributed by atoms with E-state index in [4.69, 9.17) is 11.6 Å². The Morgan fingerprint density at radius 1 is 1.55 bits per heavy atom. The zero-order chi connectivity index (χ0) is 8.48. The van der Waals surface area contributed by atoms with Crippen molar-refractivity contribution in [2.45, 2.75) is 44.9 Å². The Balaban J connectivity index is 2.64. The molecule has 64 valence electrons. The van der Waals surface area contributed by atoms with Crippen molar-refractivity contribution in [2.75, 3.05) is 0 Å². The standard InChI is InChI=1S/C10H17Cl/c1-8(2)10(11)6-4-9(3)5-7-10/h4,8H,5-7H2,1-3H3. The molecular weight excluding hydrogens is 156 g/mol. The van der Waals surface area contributed by atoms with Gasteiger partial charge in [0.05, 0.1) is 4.87 Å². The quantitative estimate of drug-likeness (QED) is 0.418. The summed E-state index contributed by atoms with van der Waals surface area (Å²) in [7, 11) is 0. The molecule has 1 aliphatic carbocycles. The fourth-order valence-electron chi connectivity index (χ4n) is 1.48. The third-order valence-electron chi connectivity index (χ3n) is 2.76. The van der Waals surface area contributed by atoms with Gasteiger partial charge < -0.3 is 0 Å². The van der Waals surface area contributed by atoms with Gasteiger partial charge in [-0.3, -0.25) is 0 Å². The summed E-state index contributed by atoms with van der Waals surface area (Å²) in [4.78, 5) is 0.0551. The maximum Gasteiger partial charge on any atom is 0.0507 e. The number of rotatable bonds is 1. The van der Waals surface area contributed by atoms with Gasteiger partial charge in [0.1, 0.15) is 0 Å². The van der Waals surface area contributed by atoms with Crippen molar-refractivity contribution in [1.82, 2.24) is 0 Å². The van der Waals surface area contributed by atoms with Crippen LogP contribution in [0.4, 0.5) is 0 Å². The van der Waals surface area contributed by atoms with Gasteiger partial charge in [-0.05, 0) is 32.1 Å². The monoisotopic (exact) mass is 172 g/mol. The van der Waals surface area contributed by atoms with Gasteiger partial charge in [-0.2, -0.15) is 0 Å². The maximum absolute atomic E-state index is 6.43. The molecule has 0 radical (unpaired) electrons. The van der Waals surface area contributed by atoms with E-state index in [-0.39, 0.29) is 4.87 Å². The average Bonchev–Trinajstić information content (AvgIpc) is 1.95. The second kappa shape index (κ2) is 3.18. The topological polar surface area (TPSA) is 0 Å². The fraction of sp³-hybridized carbons (Fsp3) is 0.800. The summed E-state index contributed by atoms with van der Waals surface area (Å²) in [5, 5.41) is 0. The lowest BCUT2D eigenvalue weighted by atomic mass is 9.82. The molecule has 1 atom stereocenters. The highest BCUT2D eigenvalue weighted by Crippen LogP contribution is 2.38. The molecular formula is C10H17Cl. The van der Waals surface area contributed by atoms with Crippen LogP contribution in [0.3, 0.4) is 0 Å². The van der Waals surface area contributed by atoms with Gasteiger partial charge in [0, 0.05) is 0 Å². The Kier molecular flexibility index (Phi) is 2.64. The molecule has 0 saturated carbocycles. The summed E-state index contributed by atoms with van der Waals surface area (Å²) in [6.45, 7) is 6.61. The van der Waals surface area contributed by atoms with Crippen LogP contribution in [0, 0.1) is 5.92 Å². The van der Waals surface area contributed by atoms with Gasteiger partial charge in [0.2, 0.25) is 0 Å². The molecule has 1 rings (SSSR count). The molecule has 0 bridgehead atoms. The Hall–Kier alpha value is 0.0300. The number of halogens is 1. The van der Waals surface area contributed by atoms with E-state index in [9.17, 15) is 0 Å². The molecule has 0 saturated heterocycles. The number of hydrogen-bond donors (Lipinski definition) is 0. The van der Waals surface area contributed by atoms with Gasteiger partial charge in [-0.1, -0.05) is 25.5 Å². The highest BCUT2D eigenvalue weighted by molar-refractivity contribution is 6.24. The molecule has 0 N–H and O–H groups in total. The molecule has 0 aromatic heterocycles. The zero-order valence-corrected chi connectivity index (χ0v) is 8.41. The van der Waals surface area contributed by atoms with E-state index < -0.39 is 0 Å². The van der Waals surface area contributed by atoms with E-state index >= 15 is 0 Å². The van der Waals surface area contributed by atoms with E-state index in [0.29, 0.717) is 5.92 Å². The minimum Gasteiger partial charge on any atom is -0.119 e. The first-order valence-corrected chi connectivity index (χ1v) is 4.77. The fourth-order valence-corrected chi connectivity index (χ4v) is 1.65. The van der Waals surface area contributed by atoms with Crippen molar-refractivity contribution in [2.24, 2.45) is 5.92 Å². The van der Waals surface area contributed by atoms with Gasteiger partial charge >= 0.3 is 0 Å². The van der Waals surface area contributed by atoms with Crippen molar-refractivity contribution in [3.05, 3.63) is 11.6 Å². The predicted octanol–water partition coefficient (Wildman–Crippen LogP) is 3.75. The predicted molar refractivity (Wildman–Crippen MR) is 51.0 cm³/mol. The third kappa shape index (κ3) is 1.99. The van der Waals surface area contributed by atoms with Gasteiger partial charge in [0.25, 0.3) is 0 Å². The smallest absolute Gasteiger partial charge is 0.0507 e. The summed E-state index contributed by atoms with van der Waals surface area (Å²) in [5.41, 5.74) is 1.50. The van der Waals surface area contributed by atoms with E-state index in [2.05, 4.69) is 26.8 Å². The van der Waals surface area contributed by atoms with Crippen molar-refractivity contribution in [3.63, 3.8) is 0 Å². The highest BCUT2D eigenvalue weighted by atomic mass is 35.5. The van der Waals surface area contributed by atoms with Crippen molar-refractivity contribution in [3.8, 4) is 0 Å². The summed E-state index contributed by atoms with van der Waals surface area (Å²) in [6.07, 6.45) is 5.67. The van der Waals surface area contributed by atoms with Crippen molar-refractivity contribution in [1.29, 1.82) is 0 Å². The normalized spacial score (nSPS) is 32.3. The second-order valence-corrected chi connectivity index (χ2v) is 4.70. The van der Waals surface area contributed by atoms with Crippen LogP contribution in [0.2, 0.25) is 0 Å². The van der Waals surface area contributed by atoms with Crippen LogP contribution in [0.5, 0.6) is 0 Å². The molecule has 0 nitrogen and oxygen atoms in total. The Morgan fingerprint density at radius 2 is 2.18 bits per heavy atom. The number of hydrogen-bond acceptors (Lipinski definition) is 0. The van der Waals surface area contributed by atoms with E-state index in [1.54, 1.807) is 0 Å². The molecule has 0 fully saturated rings. The first kappa shape index (κ1) is 9.12. The summed E-state index contributed by atoms with van der Waals surface area (Å²) >= 11 is 6.43. The molecule has 1 aliphatic rings. The minimum atomic E-state index is 0.0551. The lowest BCUT2D eigenvalue weighted by Crippen LogP contribution is -2.29. The SMILES string of the molecule is CC1=CCC(Cl)(C(C)C)CC1. The molecule has 0 aromatic carbocycles. The van der Waals surface area contributed by atoms with Crippen LogP contribution in [-0.2, 0) is 0 Å². The Morgan fingerprint density at radius 3 is 2.55 bits per heavy atom. The highest BCUT2D eigenvalue weighted by Gasteiger charge is 2.31. The van der Waals surface area contributed by atoms with Crippen LogP contribution in [0.15, 0.2) is 11.6 Å². The van der Waals surface area contributed by atoms with Crippen molar-refractivity contribution >= 4 is 11.6 Å². The maximum atomic E-state index is 6.43. The molecule has 0 heterocycles. The number of allylic oxidation sites excluding steroid dienone is 2. The summed E-state index contributed by atoms with van der Waals surface area (Å²) < 4.78 is 0. The molecule has 1 unspecified atom stereocenters. The first-order chi connectivity index (χ1) is 5.04. The van der Waals surface area contributed by atoms with Crippen LogP contribution in [0.25, 0.3) is 0 Å². The molecule has 0 aromatic rings.